The average molecular weight is 513 g/mol. The van der Waals surface area contributed by atoms with Gasteiger partial charge in [-0.1, -0.05) is 0 Å². The van der Waals surface area contributed by atoms with E-state index in [0.29, 0.717) is 0 Å². The molecule has 0 aromatic heterocycles. The van der Waals surface area contributed by atoms with Crippen LogP contribution in [0.3, 0.4) is 0 Å². The molecule has 114 valence electrons. The molecule has 0 fully saturated rings. The van der Waals surface area contributed by atoms with E-state index in [1.807, 2.05) is 0 Å². The Balaban J connectivity index is -0.000000256. The van der Waals surface area contributed by atoms with E-state index >= 15 is 0 Å². The van der Waals surface area contributed by atoms with Crippen molar-refractivity contribution in [2.24, 2.45) is 0 Å². The maximum atomic E-state index is 10.4. The molecule has 0 aliphatic carbocycles. The molecular weight excluding hydrogens is 493 g/mol. The Morgan fingerprint density at radius 2 is 0.842 bits per heavy atom. The van der Waals surface area contributed by atoms with Gasteiger partial charge < -0.3 is 27.9 Å². The smallest absolute Gasteiger partial charge is 0.756 e. The zero-order valence-electron chi connectivity index (χ0n) is 11.5. The second-order valence-electron chi connectivity index (χ2n) is 2.57. The number of rotatable bonds is 8. The van der Waals surface area contributed by atoms with Crippen LogP contribution in [-0.4, -0.2) is 53.7 Å². The zero-order chi connectivity index (χ0) is 14.7. The first-order chi connectivity index (χ1) is 8.24. The minimum Gasteiger partial charge on any atom is -0.756 e. The molecule has 8 nitrogen and oxygen atoms in total. The molecule has 0 N–H and O–H groups in total. The molecule has 2 radical (unpaired) electrons. The van der Waals surface area contributed by atoms with Crippen molar-refractivity contribution >= 4 is 42.9 Å². The maximum Gasteiger partial charge on any atom is 2.00 e. The Bertz CT molecular complexity index is 240. The van der Waals surface area contributed by atoms with E-state index < -0.39 is 15.6 Å². The minimum absolute atomic E-state index is 0. The fraction of sp³-hybridized carbons (Fsp3) is 1.00. The Hall–Kier alpha value is 1.14. The third-order valence-electron chi connectivity index (χ3n) is 1.15. The monoisotopic (exact) mass is 514 g/mol. The van der Waals surface area contributed by atoms with Gasteiger partial charge >= 0.3 is 27.3 Å². The van der Waals surface area contributed by atoms with Gasteiger partial charge in [0.05, 0.1) is 26.4 Å². The summed E-state index contributed by atoms with van der Waals surface area (Å²) in [7, 11) is -7.89. The maximum absolute atomic E-state index is 10.4. The largest absolute Gasteiger partial charge is 2.00 e. The normalized spacial score (nSPS) is 11.3. The summed E-state index contributed by atoms with van der Waals surface area (Å²) in [5.74, 6) is 0. The molecule has 0 bridgehead atoms. The van der Waals surface area contributed by atoms with Crippen molar-refractivity contribution in [3.05, 3.63) is 0 Å². The first-order valence-electron chi connectivity index (χ1n) is 5.44. The van der Waals surface area contributed by atoms with Crippen LogP contribution in [0.2, 0.25) is 0 Å². The Morgan fingerprint density at radius 3 is 0.947 bits per heavy atom. The van der Waals surface area contributed by atoms with E-state index in [1.54, 1.807) is 27.7 Å². The third-order valence-corrected chi connectivity index (χ3v) is 3.45. The number of phosphoric ester groups is 2. The quantitative estimate of drug-likeness (QED) is 0.344. The van der Waals surface area contributed by atoms with Crippen molar-refractivity contribution in [2.45, 2.75) is 27.7 Å². The summed E-state index contributed by atoms with van der Waals surface area (Å²) in [6, 6.07) is 0. The van der Waals surface area contributed by atoms with Gasteiger partial charge in [0, 0.05) is 0 Å². The van der Waals surface area contributed by atoms with Crippen LogP contribution in [0, 0.1) is 0 Å². The molecular formula is C8H20O8P2Pb. The van der Waals surface area contributed by atoms with E-state index in [1.165, 1.54) is 0 Å². The van der Waals surface area contributed by atoms with Gasteiger partial charge in [0.15, 0.2) is 0 Å². The van der Waals surface area contributed by atoms with Gasteiger partial charge in [0.2, 0.25) is 0 Å². The number of hydrogen-bond acceptors (Lipinski definition) is 8. The minimum atomic E-state index is -3.94. The van der Waals surface area contributed by atoms with Gasteiger partial charge in [-0.05, 0) is 27.7 Å². The summed E-state index contributed by atoms with van der Waals surface area (Å²) < 4.78 is 37.8. The van der Waals surface area contributed by atoms with E-state index in [0.717, 1.165) is 0 Å². The fourth-order valence-electron chi connectivity index (χ4n) is 0.707. The van der Waals surface area contributed by atoms with Crippen LogP contribution < -0.4 is 9.79 Å². The summed E-state index contributed by atoms with van der Waals surface area (Å²) in [4.78, 5) is 20.8. The van der Waals surface area contributed by atoms with Crippen molar-refractivity contribution in [2.75, 3.05) is 26.4 Å². The van der Waals surface area contributed by atoms with Crippen LogP contribution in [-0.2, 0) is 27.2 Å². The molecule has 0 amide bonds. The molecule has 0 aromatic carbocycles. The molecule has 0 saturated heterocycles. The molecule has 0 aliphatic heterocycles. The van der Waals surface area contributed by atoms with Crippen molar-refractivity contribution in [1.29, 1.82) is 0 Å². The Kier molecular flexibility index (Phi) is 18.6. The van der Waals surface area contributed by atoms with Gasteiger partial charge in [-0.2, -0.15) is 0 Å². The average Bonchev–Trinajstić information content (AvgIpc) is 2.17. The molecule has 0 aliphatic rings. The van der Waals surface area contributed by atoms with Crippen LogP contribution in [0.15, 0.2) is 0 Å². The molecule has 0 rings (SSSR count). The molecule has 0 aromatic rings. The van der Waals surface area contributed by atoms with E-state index in [2.05, 4.69) is 18.1 Å². The van der Waals surface area contributed by atoms with Crippen molar-refractivity contribution in [3.8, 4) is 0 Å². The van der Waals surface area contributed by atoms with Gasteiger partial charge in [0.25, 0.3) is 15.6 Å². The topological polar surface area (TPSA) is 117 Å². The molecule has 0 unspecified atom stereocenters. The number of hydrogen-bond donors (Lipinski definition) is 0. The van der Waals surface area contributed by atoms with Gasteiger partial charge in [-0.3, -0.25) is 9.13 Å². The summed E-state index contributed by atoms with van der Waals surface area (Å²) >= 11 is 0. The van der Waals surface area contributed by atoms with E-state index in [9.17, 15) is 18.9 Å². The zero-order valence-corrected chi connectivity index (χ0v) is 17.2. The van der Waals surface area contributed by atoms with Gasteiger partial charge in [-0.15, -0.1) is 0 Å². The first-order valence-corrected chi connectivity index (χ1v) is 8.36. The van der Waals surface area contributed by atoms with E-state index in [-0.39, 0.29) is 53.7 Å². The summed E-state index contributed by atoms with van der Waals surface area (Å²) in [5.41, 5.74) is 0. The second kappa shape index (κ2) is 14.1. The SMILES string of the molecule is CCOP(=O)([O-])OCC.CCOP(=O)([O-])OCC.[Pb+2]. The van der Waals surface area contributed by atoms with Crippen LogP contribution >= 0.6 is 15.6 Å². The first kappa shape index (κ1) is 25.1. The van der Waals surface area contributed by atoms with Crippen LogP contribution in [0.1, 0.15) is 27.7 Å². The van der Waals surface area contributed by atoms with Crippen molar-refractivity contribution < 1.29 is 37.0 Å². The van der Waals surface area contributed by atoms with Crippen molar-refractivity contribution in [3.63, 3.8) is 0 Å². The van der Waals surface area contributed by atoms with Gasteiger partial charge in [0.1, 0.15) is 0 Å². The predicted octanol–water partition coefficient (Wildman–Crippen LogP) is 0.675. The second-order valence-corrected chi connectivity index (χ2v) is 5.39. The molecule has 0 atom stereocenters. The number of phosphoric acid groups is 2. The molecule has 0 heterocycles. The van der Waals surface area contributed by atoms with E-state index in [4.69, 9.17) is 0 Å². The van der Waals surface area contributed by atoms with Crippen LogP contribution in [0.25, 0.3) is 0 Å². The molecule has 0 saturated carbocycles. The molecule has 0 spiro atoms. The Morgan fingerprint density at radius 1 is 0.684 bits per heavy atom. The predicted molar refractivity (Wildman–Crippen MR) is 67.5 cm³/mol. The van der Waals surface area contributed by atoms with Gasteiger partial charge in [-0.25, -0.2) is 0 Å². The third kappa shape index (κ3) is 19.1. The summed E-state index contributed by atoms with van der Waals surface area (Å²) in [6.07, 6.45) is 0. The van der Waals surface area contributed by atoms with Crippen molar-refractivity contribution in [1.82, 2.24) is 0 Å². The van der Waals surface area contributed by atoms with Crippen LogP contribution in [0.4, 0.5) is 0 Å². The molecule has 19 heavy (non-hydrogen) atoms. The van der Waals surface area contributed by atoms with Crippen LogP contribution in [0.5, 0.6) is 0 Å². The standard InChI is InChI=1S/2C4H11O4P.Pb/c2*1-3-7-9(5,6)8-4-2;/h2*3-4H2,1-2H3,(H,5,6);/q;;+2/p-2. The Labute approximate surface area is 134 Å². The summed E-state index contributed by atoms with van der Waals surface area (Å²) in [6.45, 7) is 6.85. The molecule has 11 heteroatoms. The summed E-state index contributed by atoms with van der Waals surface area (Å²) in [5, 5.41) is 0. The fourth-order valence-corrected chi connectivity index (χ4v) is 2.12.